The molecule has 0 saturated carbocycles. The average Bonchev–Trinajstić information content (AvgIpc) is 3.94. The minimum Gasteiger partial charge on any atom is -0.380 e. The first-order valence-electron chi connectivity index (χ1n) is 24.5. The fourth-order valence-electron chi connectivity index (χ4n) is 9.62. The molecule has 2 aromatic heterocycles. The number of carbonyl (C=O) groups is 9. The van der Waals surface area contributed by atoms with Crippen LogP contribution in [0.3, 0.4) is 0 Å². The molecule has 0 fully saturated rings. The van der Waals surface area contributed by atoms with Crippen molar-refractivity contribution in [3.8, 4) is 11.4 Å². The van der Waals surface area contributed by atoms with Gasteiger partial charge >= 0.3 is 0 Å². The van der Waals surface area contributed by atoms with E-state index >= 15 is 4.39 Å². The van der Waals surface area contributed by atoms with Crippen molar-refractivity contribution in [2.24, 2.45) is 5.73 Å². The Hall–Kier alpha value is -8.02. The number of rotatable bonds is 24. The zero-order chi connectivity index (χ0) is 54.1. The number of nitrogens with zero attached hydrogens (tertiary/aromatic N) is 3. The van der Waals surface area contributed by atoms with Crippen LogP contribution in [0, 0.1) is 12.7 Å². The number of benzene rings is 2. The molecule has 5 unspecified atom stereocenters. The number of imide groups is 1. The predicted molar refractivity (Wildman–Crippen MR) is 267 cm³/mol. The van der Waals surface area contributed by atoms with Gasteiger partial charge in [-0.2, -0.15) is 0 Å². The van der Waals surface area contributed by atoms with Gasteiger partial charge in [-0.25, -0.2) is 9.37 Å². The normalized spacial score (nSPS) is 15.8. The Bertz CT molecular complexity index is 3020. The Morgan fingerprint density at radius 1 is 0.880 bits per heavy atom. The van der Waals surface area contributed by atoms with E-state index in [0.29, 0.717) is 79.8 Å². The van der Waals surface area contributed by atoms with Crippen LogP contribution >= 0.6 is 0 Å². The summed E-state index contributed by atoms with van der Waals surface area (Å²) in [4.78, 5) is 135. The van der Waals surface area contributed by atoms with Gasteiger partial charge < -0.3 is 56.5 Å². The highest BCUT2D eigenvalue weighted by Crippen LogP contribution is 2.45. The van der Waals surface area contributed by atoms with E-state index < -0.39 is 116 Å². The molecule has 0 bridgehead atoms. The lowest BCUT2D eigenvalue weighted by Crippen LogP contribution is -2.55. The molecule has 3 aliphatic rings. The topological polar surface area (TPSA) is 308 Å². The van der Waals surface area contributed by atoms with Gasteiger partial charge in [0.1, 0.15) is 37.0 Å². The highest BCUT2D eigenvalue weighted by molar-refractivity contribution is 6.15. The largest absolute Gasteiger partial charge is 0.380 e. The van der Waals surface area contributed by atoms with E-state index in [4.69, 9.17) is 20.2 Å². The second-order valence-corrected chi connectivity index (χ2v) is 18.2. The van der Waals surface area contributed by atoms with Crippen LogP contribution in [0.25, 0.3) is 22.3 Å². The van der Waals surface area contributed by atoms with E-state index in [2.05, 4.69) is 31.9 Å². The van der Waals surface area contributed by atoms with Crippen LogP contribution in [0.15, 0.2) is 59.4 Å². The van der Waals surface area contributed by atoms with Crippen molar-refractivity contribution in [2.75, 3.05) is 40.0 Å². The number of methoxy groups -OCH3 is 1. The number of carbonyl (C=O) groups excluding carboxylic acids is 9. The number of aldehydes is 1. The summed E-state index contributed by atoms with van der Waals surface area (Å²) in [6.45, 7) is 2.76. The molecule has 2 aromatic carbocycles. The molecule has 0 spiro atoms. The smallest absolute Gasteiger partial charge is 0.257 e. The van der Waals surface area contributed by atoms with Gasteiger partial charge in [-0.1, -0.05) is 44.2 Å². The van der Waals surface area contributed by atoms with Crippen LogP contribution < -0.4 is 43.2 Å². The van der Waals surface area contributed by atoms with E-state index in [0.717, 1.165) is 24.0 Å². The van der Waals surface area contributed by atoms with Gasteiger partial charge in [0, 0.05) is 60.7 Å². The Balaban J connectivity index is 0.955. The highest BCUT2D eigenvalue weighted by atomic mass is 19.1. The maximum absolute atomic E-state index is 15.5. The van der Waals surface area contributed by atoms with E-state index in [1.807, 2.05) is 6.92 Å². The van der Waals surface area contributed by atoms with Crippen molar-refractivity contribution in [3.05, 3.63) is 110 Å². The lowest BCUT2D eigenvalue weighted by molar-refractivity contribution is -0.145. The molecule has 22 nitrogen and oxygen atoms in total. The van der Waals surface area contributed by atoms with Crippen molar-refractivity contribution in [1.82, 2.24) is 46.4 Å². The first kappa shape index (κ1) is 54.7. The van der Waals surface area contributed by atoms with Gasteiger partial charge in [0.15, 0.2) is 0 Å². The third-order valence-corrected chi connectivity index (χ3v) is 13.5. The van der Waals surface area contributed by atoms with Gasteiger partial charge in [-0.15, -0.1) is 0 Å². The summed E-state index contributed by atoms with van der Waals surface area (Å²) >= 11 is 0. The molecule has 5 atom stereocenters. The maximum Gasteiger partial charge on any atom is 0.257 e. The quantitative estimate of drug-likeness (QED) is 0.0244. The minimum atomic E-state index is -1.36. The summed E-state index contributed by atoms with van der Waals surface area (Å²) in [5.41, 5.74) is 10.7. The van der Waals surface area contributed by atoms with Crippen molar-refractivity contribution >= 4 is 64.4 Å². The van der Waals surface area contributed by atoms with Gasteiger partial charge in [-0.3, -0.25) is 48.1 Å². The number of halogens is 1. The third kappa shape index (κ3) is 12.0. The number of fused-ring (bicyclic) bond motifs is 4. The molecular weight excluding hydrogens is 976 g/mol. The van der Waals surface area contributed by atoms with Gasteiger partial charge in [0.2, 0.25) is 35.4 Å². The van der Waals surface area contributed by atoms with Crippen LogP contribution in [0.5, 0.6) is 0 Å². The molecule has 8 N–H and O–H groups in total. The molecule has 23 heteroatoms. The summed E-state index contributed by atoms with van der Waals surface area (Å²) in [5, 5.41) is 15.9. The molecular formula is C52H59FN10O12. The molecule has 7 rings (SSSR count). The molecule has 2 aliphatic heterocycles. The average molecular weight is 1040 g/mol. The monoisotopic (exact) mass is 1030 g/mol. The number of aromatic nitrogens is 2. The van der Waals surface area contributed by atoms with Crippen LogP contribution in [0.1, 0.15) is 84.0 Å². The zero-order valence-electron chi connectivity index (χ0n) is 41.8. The van der Waals surface area contributed by atoms with Crippen LogP contribution in [-0.4, -0.2) is 126 Å². The number of ether oxygens (including phenoxy) is 2. The Morgan fingerprint density at radius 2 is 1.56 bits per heavy atom. The van der Waals surface area contributed by atoms with Crippen molar-refractivity contribution in [2.45, 2.75) is 96.2 Å². The standard InChI is InChI=1S/C52H59FN10O12/c1-5-29(24-64)31-17-38-48-32(23-62(38)52(73)33(31)25-74-4)47-35(13-12-30-27(3)34(53)18-36(60-48)46(30)47)61-51(72)40(6-2)75-26-58-42(66)21-56-49(70)37(16-28-10-8-7-9-11-28)59-43(67)22-55-41(65)20-57-50(71)39(19-54)63-44(68)14-15-45(63)69/h7-11,14-15,17-18,24,29,35,37,39-40H,5-6,12-13,16,19-23,25-26,54H2,1-4H3,(H,55,65)(H,56,70)(H,57,71)(H,58,66)(H,59,67)(H,61,72). The molecule has 75 heavy (non-hydrogen) atoms. The fourth-order valence-corrected chi connectivity index (χ4v) is 9.62. The lowest BCUT2D eigenvalue weighted by atomic mass is 9.81. The first-order valence-corrected chi connectivity index (χ1v) is 24.5. The molecule has 4 aromatic rings. The van der Waals surface area contributed by atoms with Gasteiger partial charge in [0.05, 0.1) is 55.7 Å². The molecule has 4 heterocycles. The number of hydrogen-bond acceptors (Lipinski definition) is 14. The van der Waals surface area contributed by atoms with Crippen molar-refractivity contribution in [1.29, 1.82) is 0 Å². The Kier molecular flexibility index (Phi) is 17.8. The molecule has 8 amide bonds. The first-order chi connectivity index (χ1) is 36.0. The number of nitrogens with one attached hydrogen (secondary N) is 6. The SMILES string of the molecule is CCC(OCNC(=O)CNC(=O)C(Cc1ccccc1)NC(=O)CNC(=O)CNC(=O)C(CN)N1C(=O)C=CC1=O)C(=O)NC1CCc2c(C)c(F)cc3nc4c(c1c23)Cn1c-4cc(C(C=O)CC)c(COC)c1=O. The summed E-state index contributed by atoms with van der Waals surface area (Å²) in [7, 11) is 1.47. The van der Waals surface area contributed by atoms with E-state index in [9.17, 15) is 47.9 Å². The Labute approximate surface area is 429 Å². The number of aryl methyl sites for hydroxylation is 1. The summed E-state index contributed by atoms with van der Waals surface area (Å²) in [6, 6.07) is 8.63. The second kappa shape index (κ2) is 24.3. The maximum atomic E-state index is 15.5. The molecule has 1 aliphatic carbocycles. The highest BCUT2D eigenvalue weighted by Gasteiger charge is 2.38. The number of hydrogen-bond donors (Lipinski definition) is 7. The molecule has 396 valence electrons. The van der Waals surface area contributed by atoms with Crippen molar-refractivity contribution in [3.63, 3.8) is 0 Å². The summed E-state index contributed by atoms with van der Waals surface area (Å²) in [5.74, 6) is -6.84. The number of nitrogens with two attached hydrogens (primary N) is 1. The predicted octanol–water partition coefficient (Wildman–Crippen LogP) is 0.0124. The fraction of sp³-hybridized carbons (Fsp3) is 0.404. The number of amides is 8. The number of pyridine rings is 2. The van der Waals surface area contributed by atoms with E-state index in [-0.39, 0.29) is 31.6 Å². The molecule has 0 radical (unpaired) electrons. The lowest BCUT2D eigenvalue weighted by Gasteiger charge is -2.30. The molecule has 0 saturated heterocycles. The summed E-state index contributed by atoms with van der Waals surface area (Å²) in [6.07, 6.45) is 3.18. The van der Waals surface area contributed by atoms with E-state index in [1.54, 1.807) is 54.8 Å². The zero-order valence-corrected chi connectivity index (χ0v) is 41.8. The second-order valence-electron chi connectivity index (χ2n) is 18.2. The van der Waals surface area contributed by atoms with Crippen molar-refractivity contribution < 1.29 is 57.0 Å². The van der Waals surface area contributed by atoms with Crippen LogP contribution in [-0.2, 0) is 78.6 Å². The van der Waals surface area contributed by atoms with Gasteiger partial charge in [0.25, 0.3) is 17.4 Å². The van der Waals surface area contributed by atoms with Gasteiger partial charge in [-0.05, 0) is 66.5 Å². The Morgan fingerprint density at radius 3 is 2.21 bits per heavy atom. The minimum absolute atomic E-state index is 0.00306. The van der Waals surface area contributed by atoms with E-state index in [1.165, 1.54) is 13.2 Å². The van der Waals surface area contributed by atoms with Crippen LogP contribution in [0.4, 0.5) is 4.39 Å². The third-order valence-electron chi connectivity index (χ3n) is 13.5. The van der Waals surface area contributed by atoms with Crippen LogP contribution in [0.2, 0.25) is 0 Å². The summed E-state index contributed by atoms with van der Waals surface area (Å²) < 4.78 is 28.3.